The maximum absolute atomic E-state index is 13.6. The standard InChI is InChI=1S/C26H29FN2O5S/c1-5-19-6-8-20(9-7-19)18(2)28-26(30)17-29(22-12-10-21(27)11-13-22)35(31,32)23-14-15-24(33-3)25(16-23)34-4/h6-16,18H,5,17H2,1-4H3,(H,28,30)/t18-/m1/s1. The van der Waals surface area contributed by atoms with Crippen LogP contribution in [0.15, 0.2) is 71.6 Å². The Balaban J connectivity index is 1.91. The van der Waals surface area contributed by atoms with E-state index in [0.717, 1.165) is 28.4 Å². The van der Waals surface area contributed by atoms with Crippen LogP contribution in [0, 0.1) is 5.82 Å². The lowest BCUT2D eigenvalue weighted by Crippen LogP contribution is -2.41. The molecule has 1 atom stereocenters. The SMILES string of the molecule is CCc1ccc([C@@H](C)NC(=O)CN(c2ccc(F)cc2)S(=O)(=O)c2ccc(OC)c(OC)c2)cc1. The first kappa shape index (κ1) is 26.0. The van der Waals surface area contributed by atoms with E-state index in [2.05, 4.69) is 12.2 Å². The Labute approximate surface area is 205 Å². The summed E-state index contributed by atoms with van der Waals surface area (Å²) in [5.41, 5.74) is 2.22. The predicted molar refractivity (Wildman–Crippen MR) is 133 cm³/mol. The minimum Gasteiger partial charge on any atom is -0.493 e. The summed E-state index contributed by atoms with van der Waals surface area (Å²) in [4.78, 5) is 12.9. The van der Waals surface area contributed by atoms with Gasteiger partial charge in [-0.2, -0.15) is 0 Å². The van der Waals surface area contributed by atoms with Gasteiger partial charge in [-0.25, -0.2) is 12.8 Å². The number of rotatable bonds is 10. The third kappa shape index (κ3) is 6.10. The van der Waals surface area contributed by atoms with Crippen molar-refractivity contribution in [2.75, 3.05) is 25.1 Å². The molecule has 186 valence electrons. The molecule has 0 heterocycles. The lowest BCUT2D eigenvalue weighted by Gasteiger charge is -2.25. The second-order valence-corrected chi connectivity index (χ2v) is 9.75. The molecule has 0 bridgehead atoms. The van der Waals surface area contributed by atoms with Crippen molar-refractivity contribution in [3.05, 3.63) is 83.7 Å². The lowest BCUT2D eigenvalue weighted by atomic mass is 10.1. The number of carbonyl (C=O) groups is 1. The molecule has 0 aliphatic carbocycles. The molecule has 0 fully saturated rings. The van der Waals surface area contributed by atoms with Crippen molar-refractivity contribution in [2.24, 2.45) is 0 Å². The molecule has 3 rings (SSSR count). The van der Waals surface area contributed by atoms with Gasteiger partial charge in [0, 0.05) is 6.07 Å². The van der Waals surface area contributed by atoms with Crippen LogP contribution in [0.25, 0.3) is 0 Å². The van der Waals surface area contributed by atoms with E-state index >= 15 is 0 Å². The Bertz CT molecular complexity index is 1260. The van der Waals surface area contributed by atoms with E-state index < -0.39 is 28.3 Å². The van der Waals surface area contributed by atoms with E-state index in [1.165, 1.54) is 50.1 Å². The molecule has 0 saturated carbocycles. The van der Waals surface area contributed by atoms with Crippen LogP contribution in [0.5, 0.6) is 11.5 Å². The normalized spacial score (nSPS) is 12.0. The highest BCUT2D eigenvalue weighted by Crippen LogP contribution is 2.32. The molecule has 0 spiro atoms. The number of benzene rings is 3. The average molecular weight is 501 g/mol. The highest BCUT2D eigenvalue weighted by Gasteiger charge is 2.29. The fourth-order valence-electron chi connectivity index (χ4n) is 3.57. The van der Waals surface area contributed by atoms with Crippen LogP contribution in [0.4, 0.5) is 10.1 Å². The summed E-state index contributed by atoms with van der Waals surface area (Å²) in [6.45, 7) is 3.38. The number of nitrogens with zero attached hydrogens (tertiary/aromatic N) is 1. The Morgan fingerprint density at radius 1 is 0.971 bits per heavy atom. The number of amides is 1. The van der Waals surface area contributed by atoms with Crippen LogP contribution in [0.3, 0.4) is 0 Å². The van der Waals surface area contributed by atoms with Crippen molar-refractivity contribution in [3.8, 4) is 11.5 Å². The van der Waals surface area contributed by atoms with Gasteiger partial charge in [0.05, 0.1) is 30.8 Å². The summed E-state index contributed by atoms with van der Waals surface area (Å²) >= 11 is 0. The summed E-state index contributed by atoms with van der Waals surface area (Å²) in [6.07, 6.45) is 0.904. The Kier molecular flexibility index (Phi) is 8.34. The number of hydrogen-bond donors (Lipinski definition) is 1. The van der Waals surface area contributed by atoms with Crippen molar-refractivity contribution in [2.45, 2.75) is 31.2 Å². The molecule has 0 saturated heterocycles. The van der Waals surface area contributed by atoms with E-state index in [9.17, 15) is 17.6 Å². The van der Waals surface area contributed by atoms with Gasteiger partial charge in [0.2, 0.25) is 5.91 Å². The zero-order chi connectivity index (χ0) is 25.6. The van der Waals surface area contributed by atoms with Crippen LogP contribution < -0.4 is 19.1 Å². The summed E-state index contributed by atoms with van der Waals surface area (Å²) in [7, 11) is -1.38. The number of anilines is 1. The number of halogens is 1. The number of methoxy groups -OCH3 is 2. The Morgan fingerprint density at radius 2 is 1.60 bits per heavy atom. The molecule has 0 aliphatic rings. The highest BCUT2D eigenvalue weighted by molar-refractivity contribution is 7.92. The van der Waals surface area contributed by atoms with Gasteiger partial charge in [-0.1, -0.05) is 31.2 Å². The van der Waals surface area contributed by atoms with Crippen LogP contribution in [-0.2, 0) is 21.2 Å². The first-order valence-corrected chi connectivity index (χ1v) is 12.5. The molecule has 9 heteroatoms. The van der Waals surface area contributed by atoms with Crippen LogP contribution in [0.1, 0.15) is 31.0 Å². The molecular weight excluding hydrogens is 471 g/mol. The van der Waals surface area contributed by atoms with Crippen molar-refractivity contribution >= 4 is 21.6 Å². The molecular formula is C26H29FN2O5S. The molecule has 0 radical (unpaired) electrons. The van der Waals surface area contributed by atoms with E-state index in [1.807, 2.05) is 31.2 Å². The van der Waals surface area contributed by atoms with Gasteiger partial charge in [0.25, 0.3) is 10.0 Å². The van der Waals surface area contributed by atoms with Gasteiger partial charge < -0.3 is 14.8 Å². The van der Waals surface area contributed by atoms with Crippen molar-refractivity contribution in [1.29, 1.82) is 0 Å². The van der Waals surface area contributed by atoms with Crippen molar-refractivity contribution < 1.29 is 27.1 Å². The fraction of sp³-hybridized carbons (Fsp3) is 0.269. The summed E-state index contributed by atoms with van der Waals surface area (Å²) in [5, 5.41) is 2.85. The molecule has 1 N–H and O–H groups in total. The monoisotopic (exact) mass is 500 g/mol. The van der Waals surface area contributed by atoms with Crippen LogP contribution >= 0.6 is 0 Å². The van der Waals surface area contributed by atoms with Crippen LogP contribution in [-0.4, -0.2) is 35.1 Å². The summed E-state index contributed by atoms with van der Waals surface area (Å²) in [6, 6.07) is 16.6. The number of nitrogens with one attached hydrogen (secondary N) is 1. The highest BCUT2D eigenvalue weighted by atomic mass is 32.2. The topological polar surface area (TPSA) is 84.9 Å². The predicted octanol–water partition coefficient (Wildman–Crippen LogP) is 4.48. The zero-order valence-electron chi connectivity index (χ0n) is 20.1. The quantitative estimate of drug-likeness (QED) is 0.444. The molecule has 0 aliphatic heterocycles. The van der Waals surface area contributed by atoms with Crippen molar-refractivity contribution in [1.82, 2.24) is 5.32 Å². The molecule has 3 aromatic rings. The second kappa shape index (κ2) is 11.2. The molecule has 0 aromatic heterocycles. The number of ether oxygens (including phenoxy) is 2. The Hall–Kier alpha value is -3.59. The molecule has 1 amide bonds. The summed E-state index contributed by atoms with van der Waals surface area (Å²) in [5.74, 6) is -0.446. The molecule has 7 nitrogen and oxygen atoms in total. The maximum Gasteiger partial charge on any atom is 0.264 e. The Morgan fingerprint density at radius 3 is 2.17 bits per heavy atom. The average Bonchev–Trinajstić information content (AvgIpc) is 2.87. The molecule has 35 heavy (non-hydrogen) atoms. The van der Waals surface area contributed by atoms with Gasteiger partial charge in [-0.15, -0.1) is 0 Å². The second-order valence-electron chi connectivity index (χ2n) is 7.89. The largest absolute Gasteiger partial charge is 0.493 e. The minimum atomic E-state index is -4.21. The van der Waals surface area contributed by atoms with Crippen LogP contribution in [0.2, 0.25) is 0 Å². The number of carbonyl (C=O) groups excluding carboxylic acids is 1. The first-order valence-electron chi connectivity index (χ1n) is 11.1. The first-order chi connectivity index (χ1) is 16.7. The number of aryl methyl sites for hydroxylation is 1. The van der Waals surface area contributed by atoms with E-state index in [1.54, 1.807) is 0 Å². The third-order valence-corrected chi connectivity index (χ3v) is 7.38. The van der Waals surface area contributed by atoms with Crippen molar-refractivity contribution in [3.63, 3.8) is 0 Å². The van der Waals surface area contributed by atoms with Gasteiger partial charge >= 0.3 is 0 Å². The van der Waals surface area contributed by atoms with Gasteiger partial charge in [-0.3, -0.25) is 9.10 Å². The van der Waals surface area contributed by atoms with Gasteiger partial charge in [0.1, 0.15) is 12.4 Å². The third-order valence-electron chi connectivity index (χ3n) is 5.61. The van der Waals surface area contributed by atoms with Gasteiger partial charge in [0.15, 0.2) is 11.5 Å². The maximum atomic E-state index is 13.6. The lowest BCUT2D eigenvalue weighted by molar-refractivity contribution is -0.120. The molecule has 0 unspecified atom stereocenters. The van der Waals surface area contributed by atoms with E-state index in [-0.39, 0.29) is 22.4 Å². The van der Waals surface area contributed by atoms with E-state index in [4.69, 9.17) is 9.47 Å². The molecule has 3 aromatic carbocycles. The minimum absolute atomic E-state index is 0.101. The van der Waals surface area contributed by atoms with Gasteiger partial charge in [-0.05, 0) is 60.9 Å². The zero-order valence-corrected chi connectivity index (χ0v) is 20.9. The number of hydrogen-bond acceptors (Lipinski definition) is 5. The van der Waals surface area contributed by atoms with E-state index in [0.29, 0.717) is 5.75 Å². The summed E-state index contributed by atoms with van der Waals surface area (Å²) < 4.78 is 52.1. The smallest absolute Gasteiger partial charge is 0.264 e. The fourth-order valence-corrected chi connectivity index (χ4v) is 5.01. The number of sulfonamides is 1.